The maximum atomic E-state index is 12.5. The highest BCUT2D eigenvalue weighted by Gasteiger charge is 2.33. The van der Waals surface area contributed by atoms with Gasteiger partial charge in [-0.1, -0.05) is 6.92 Å². The van der Waals surface area contributed by atoms with Gasteiger partial charge in [-0.05, 0) is 26.8 Å². The van der Waals surface area contributed by atoms with Crippen molar-refractivity contribution in [2.45, 2.75) is 45.7 Å². The number of carbonyl (C=O) groups is 1. The first kappa shape index (κ1) is 15.1. The van der Waals surface area contributed by atoms with Gasteiger partial charge in [0.25, 0.3) is 0 Å². The van der Waals surface area contributed by atoms with Crippen LogP contribution in [0.2, 0.25) is 0 Å². The minimum Gasteiger partial charge on any atom is -0.379 e. The summed E-state index contributed by atoms with van der Waals surface area (Å²) < 4.78 is 7.27. The zero-order chi connectivity index (χ0) is 14.5. The van der Waals surface area contributed by atoms with Gasteiger partial charge in [-0.15, -0.1) is 0 Å². The van der Waals surface area contributed by atoms with E-state index in [4.69, 9.17) is 4.74 Å². The molecule has 112 valence electrons. The number of nitrogens with one attached hydrogen (secondary N) is 1. The Labute approximate surface area is 119 Å². The summed E-state index contributed by atoms with van der Waals surface area (Å²) in [7, 11) is 0. The molecule has 20 heavy (non-hydrogen) atoms. The third-order valence-corrected chi connectivity index (χ3v) is 3.62. The summed E-state index contributed by atoms with van der Waals surface area (Å²) in [5.41, 5.74) is 0. The number of nitrogens with zero attached hydrogens (tertiary/aromatic N) is 3. The van der Waals surface area contributed by atoms with E-state index in [2.05, 4.69) is 22.3 Å². The third kappa shape index (κ3) is 3.43. The van der Waals surface area contributed by atoms with Crippen molar-refractivity contribution >= 4 is 5.78 Å². The molecule has 2 atom stereocenters. The van der Waals surface area contributed by atoms with E-state index in [1.54, 1.807) is 0 Å². The number of Topliss-reactive ketones (excluding diaryl/α,β-unsaturated/α-hetero) is 1. The van der Waals surface area contributed by atoms with Crippen LogP contribution in [0.5, 0.6) is 0 Å². The highest BCUT2D eigenvalue weighted by molar-refractivity contribution is 5.83. The fourth-order valence-corrected chi connectivity index (χ4v) is 2.52. The van der Waals surface area contributed by atoms with Gasteiger partial charge < -0.3 is 10.1 Å². The third-order valence-electron chi connectivity index (χ3n) is 3.62. The maximum absolute atomic E-state index is 12.5. The highest BCUT2D eigenvalue weighted by atomic mass is 16.5. The normalized spacial score (nSPS) is 22.6. The summed E-state index contributed by atoms with van der Waals surface area (Å²) in [5.74, 6) is 0.857. The van der Waals surface area contributed by atoms with Gasteiger partial charge in [0.15, 0.2) is 0 Å². The number of ketones is 1. The van der Waals surface area contributed by atoms with Crippen molar-refractivity contribution in [2.75, 3.05) is 19.8 Å². The SMILES string of the molecule is CCCNC1COCC1C(=O)Cc1ncnn1C(C)C. The summed E-state index contributed by atoms with van der Waals surface area (Å²) >= 11 is 0. The molecular weight excluding hydrogens is 256 g/mol. The Kier molecular flexibility index (Phi) is 5.25. The quantitative estimate of drug-likeness (QED) is 0.806. The fraction of sp³-hybridized carbons (Fsp3) is 0.786. The minimum atomic E-state index is -0.0705. The molecule has 2 rings (SSSR count). The molecule has 6 heteroatoms. The van der Waals surface area contributed by atoms with Crippen LogP contribution in [-0.4, -0.2) is 46.3 Å². The predicted molar refractivity (Wildman–Crippen MR) is 75.5 cm³/mol. The van der Waals surface area contributed by atoms with E-state index in [0.717, 1.165) is 18.8 Å². The molecule has 0 amide bonds. The number of hydrogen-bond acceptors (Lipinski definition) is 5. The van der Waals surface area contributed by atoms with E-state index in [9.17, 15) is 4.79 Å². The monoisotopic (exact) mass is 280 g/mol. The lowest BCUT2D eigenvalue weighted by atomic mass is 9.96. The molecule has 0 bridgehead atoms. The molecule has 1 saturated heterocycles. The number of carbonyl (C=O) groups excluding carboxylic acids is 1. The second-order valence-corrected chi connectivity index (χ2v) is 5.56. The summed E-state index contributed by atoms with van der Waals surface area (Å²) in [4.78, 5) is 16.7. The van der Waals surface area contributed by atoms with Gasteiger partial charge in [0.05, 0.1) is 25.6 Å². The molecule has 1 aliphatic rings. The Bertz CT molecular complexity index is 444. The van der Waals surface area contributed by atoms with Crippen LogP contribution < -0.4 is 5.32 Å². The first-order chi connectivity index (χ1) is 9.63. The summed E-state index contributed by atoms with van der Waals surface area (Å²) in [6.45, 7) is 8.23. The Morgan fingerprint density at radius 1 is 1.55 bits per heavy atom. The van der Waals surface area contributed by atoms with Gasteiger partial charge in [-0.25, -0.2) is 9.67 Å². The lowest BCUT2D eigenvalue weighted by Gasteiger charge is -2.18. The van der Waals surface area contributed by atoms with Crippen LogP contribution in [0.1, 0.15) is 39.1 Å². The van der Waals surface area contributed by atoms with E-state index in [1.807, 2.05) is 18.5 Å². The van der Waals surface area contributed by atoms with Gasteiger partial charge in [0, 0.05) is 12.1 Å². The molecule has 0 radical (unpaired) electrons. The summed E-state index contributed by atoms with van der Waals surface area (Å²) in [5, 5.41) is 7.56. The van der Waals surface area contributed by atoms with E-state index in [0.29, 0.717) is 19.6 Å². The molecular formula is C14H24N4O2. The molecule has 0 saturated carbocycles. The molecule has 1 aliphatic heterocycles. The molecule has 0 aromatic carbocycles. The number of hydrogen-bond donors (Lipinski definition) is 1. The Hall–Kier alpha value is -1.27. The van der Waals surface area contributed by atoms with Gasteiger partial charge in [-0.3, -0.25) is 4.79 Å². The van der Waals surface area contributed by atoms with Gasteiger partial charge in [-0.2, -0.15) is 5.10 Å². The van der Waals surface area contributed by atoms with Crippen molar-refractivity contribution in [1.29, 1.82) is 0 Å². The van der Waals surface area contributed by atoms with Crippen molar-refractivity contribution in [3.05, 3.63) is 12.2 Å². The van der Waals surface area contributed by atoms with Crippen molar-refractivity contribution < 1.29 is 9.53 Å². The van der Waals surface area contributed by atoms with Gasteiger partial charge in [0.1, 0.15) is 17.9 Å². The van der Waals surface area contributed by atoms with E-state index >= 15 is 0 Å². The first-order valence-corrected chi connectivity index (χ1v) is 7.35. The van der Waals surface area contributed by atoms with Crippen molar-refractivity contribution in [3.8, 4) is 0 Å². The molecule has 1 aromatic heterocycles. The number of aromatic nitrogens is 3. The van der Waals surface area contributed by atoms with E-state index < -0.39 is 0 Å². The summed E-state index contributed by atoms with van der Waals surface area (Å²) in [6.07, 6.45) is 2.90. The van der Waals surface area contributed by atoms with Crippen LogP contribution in [0, 0.1) is 5.92 Å². The molecule has 0 spiro atoms. The van der Waals surface area contributed by atoms with Crippen molar-refractivity contribution in [2.24, 2.45) is 5.92 Å². The highest BCUT2D eigenvalue weighted by Crippen LogP contribution is 2.17. The molecule has 2 unspecified atom stereocenters. The molecule has 1 aromatic rings. The minimum absolute atomic E-state index is 0.0705. The second kappa shape index (κ2) is 6.95. The molecule has 6 nitrogen and oxygen atoms in total. The predicted octanol–water partition coefficient (Wildman–Crippen LogP) is 0.985. The zero-order valence-corrected chi connectivity index (χ0v) is 12.5. The lowest BCUT2D eigenvalue weighted by molar-refractivity contribution is -0.122. The van der Waals surface area contributed by atoms with Crippen LogP contribution >= 0.6 is 0 Å². The molecule has 2 heterocycles. The van der Waals surface area contributed by atoms with Crippen LogP contribution in [0.25, 0.3) is 0 Å². The maximum Gasteiger partial charge on any atom is 0.147 e. The van der Waals surface area contributed by atoms with E-state index in [1.165, 1.54) is 6.33 Å². The van der Waals surface area contributed by atoms with Gasteiger partial charge in [0.2, 0.25) is 0 Å². The van der Waals surface area contributed by atoms with Crippen LogP contribution in [0.3, 0.4) is 0 Å². The Morgan fingerprint density at radius 2 is 2.35 bits per heavy atom. The zero-order valence-electron chi connectivity index (χ0n) is 12.5. The van der Waals surface area contributed by atoms with Crippen molar-refractivity contribution in [3.63, 3.8) is 0 Å². The molecule has 1 fully saturated rings. The average molecular weight is 280 g/mol. The first-order valence-electron chi connectivity index (χ1n) is 7.35. The number of ether oxygens (including phenoxy) is 1. The van der Waals surface area contributed by atoms with Crippen molar-refractivity contribution in [1.82, 2.24) is 20.1 Å². The van der Waals surface area contributed by atoms with Crippen LogP contribution in [0.15, 0.2) is 6.33 Å². The Balaban J connectivity index is 1.98. The lowest BCUT2D eigenvalue weighted by Crippen LogP contribution is -2.40. The average Bonchev–Trinajstić information content (AvgIpc) is 3.04. The van der Waals surface area contributed by atoms with Crippen LogP contribution in [-0.2, 0) is 16.0 Å². The standard InChI is InChI=1S/C14H24N4O2/c1-4-5-15-12-8-20-7-11(12)13(19)6-14-16-9-17-18(14)10(2)3/h9-12,15H,4-8H2,1-3H3. The molecule has 1 N–H and O–H groups in total. The smallest absolute Gasteiger partial charge is 0.147 e. The number of rotatable bonds is 7. The summed E-state index contributed by atoms with van der Waals surface area (Å²) in [6, 6.07) is 0.354. The topological polar surface area (TPSA) is 69.0 Å². The van der Waals surface area contributed by atoms with Gasteiger partial charge >= 0.3 is 0 Å². The van der Waals surface area contributed by atoms with Crippen LogP contribution in [0.4, 0.5) is 0 Å². The second-order valence-electron chi connectivity index (χ2n) is 5.56. The molecule has 0 aliphatic carbocycles. The largest absolute Gasteiger partial charge is 0.379 e. The Morgan fingerprint density at radius 3 is 3.05 bits per heavy atom. The van der Waals surface area contributed by atoms with E-state index in [-0.39, 0.29) is 23.8 Å². The fourth-order valence-electron chi connectivity index (χ4n) is 2.52.